The van der Waals surface area contributed by atoms with Crippen molar-refractivity contribution in [1.29, 1.82) is 0 Å². The van der Waals surface area contributed by atoms with Gasteiger partial charge >= 0.3 is 0 Å². The van der Waals surface area contributed by atoms with Gasteiger partial charge in [0.15, 0.2) is 0 Å². The average Bonchev–Trinajstić information content (AvgIpc) is 3.01. The van der Waals surface area contributed by atoms with Crippen molar-refractivity contribution in [3.63, 3.8) is 0 Å². The summed E-state index contributed by atoms with van der Waals surface area (Å²) in [5, 5.41) is 0. The zero-order chi connectivity index (χ0) is 17.0. The first-order valence-electron chi connectivity index (χ1n) is 10.2. The summed E-state index contributed by atoms with van der Waals surface area (Å²) in [5.74, 6) is 1.58. The lowest BCUT2D eigenvalue weighted by molar-refractivity contribution is 0.407. The van der Waals surface area contributed by atoms with Gasteiger partial charge in [-0.3, -0.25) is 0 Å². The monoisotopic (exact) mass is 323 g/mol. The van der Waals surface area contributed by atoms with E-state index in [1.165, 1.54) is 64.2 Å². The Morgan fingerprint density at radius 3 is 2.79 bits per heavy atom. The quantitative estimate of drug-likeness (QED) is 0.534. The second kappa shape index (κ2) is 8.08. The first-order chi connectivity index (χ1) is 11.6. The maximum atomic E-state index is 6.50. The number of benzene rings is 1. The molecule has 1 nitrogen and oxygen atoms in total. The Hall–Kier alpha value is -0.755. The van der Waals surface area contributed by atoms with Gasteiger partial charge < -0.3 is 5.73 Å². The maximum absolute atomic E-state index is 6.50. The molecule has 2 heteroatoms. The SMILES string of the molecule is [B]CCCCC[C@@H]1CCc2cc([C@H]3CC[C@](N)(CC)C3)ccc2C1. The largest absolute Gasteiger partial charge is 0.325 e. The van der Waals surface area contributed by atoms with Gasteiger partial charge in [0.1, 0.15) is 0 Å². The molecule has 2 N–H and O–H groups in total. The molecule has 130 valence electrons. The molecule has 0 saturated heterocycles. The van der Waals surface area contributed by atoms with Gasteiger partial charge in [0.25, 0.3) is 0 Å². The Labute approximate surface area is 150 Å². The Bertz CT molecular complexity index is 541. The lowest BCUT2D eigenvalue weighted by atomic mass is 9.79. The fourth-order valence-electron chi connectivity index (χ4n) is 4.87. The van der Waals surface area contributed by atoms with Crippen LogP contribution in [0.4, 0.5) is 0 Å². The third-order valence-electron chi connectivity index (χ3n) is 6.70. The lowest BCUT2D eigenvalue weighted by Crippen LogP contribution is -2.35. The van der Waals surface area contributed by atoms with E-state index in [4.69, 9.17) is 13.6 Å². The molecule has 0 amide bonds. The first-order valence-corrected chi connectivity index (χ1v) is 10.2. The fraction of sp³-hybridized carbons (Fsp3) is 0.727. The number of fused-ring (bicyclic) bond motifs is 1. The molecule has 0 heterocycles. The molecule has 0 bridgehead atoms. The Kier molecular flexibility index (Phi) is 6.08. The van der Waals surface area contributed by atoms with Crippen LogP contribution in [0.1, 0.15) is 87.3 Å². The topological polar surface area (TPSA) is 26.0 Å². The minimum absolute atomic E-state index is 0.0925. The minimum atomic E-state index is 0.0925. The van der Waals surface area contributed by atoms with Gasteiger partial charge in [0.2, 0.25) is 0 Å². The summed E-state index contributed by atoms with van der Waals surface area (Å²) in [5.41, 5.74) is 11.4. The van der Waals surface area contributed by atoms with Crippen molar-refractivity contribution in [3.05, 3.63) is 34.9 Å². The predicted octanol–water partition coefficient (Wildman–Crippen LogP) is 5.31. The number of aryl methyl sites for hydroxylation is 1. The maximum Gasteiger partial charge on any atom is 0.0653 e. The third kappa shape index (κ3) is 4.25. The van der Waals surface area contributed by atoms with Gasteiger partial charge in [-0.15, -0.1) is 0 Å². The fourth-order valence-corrected chi connectivity index (χ4v) is 4.87. The number of hydrogen-bond acceptors (Lipinski definition) is 1. The normalized spacial score (nSPS) is 29.6. The van der Waals surface area contributed by atoms with Crippen LogP contribution >= 0.6 is 0 Å². The number of rotatable bonds is 7. The van der Waals surface area contributed by atoms with E-state index < -0.39 is 0 Å². The van der Waals surface area contributed by atoms with Crippen LogP contribution in [0.2, 0.25) is 6.32 Å². The Morgan fingerprint density at radius 2 is 2.04 bits per heavy atom. The molecule has 1 aromatic rings. The molecule has 0 aliphatic heterocycles. The molecule has 24 heavy (non-hydrogen) atoms. The van der Waals surface area contributed by atoms with Gasteiger partial charge in [0.05, 0.1) is 7.85 Å². The smallest absolute Gasteiger partial charge is 0.0653 e. The van der Waals surface area contributed by atoms with Crippen LogP contribution in [0.5, 0.6) is 0 Å². The number of unbranched alkanes of at least 4 members (excludes halogenated alkanes) is 2. The minimum Gasteiger partial charge on any atom is -0.325 e. The third-order valence-corrected chi connectivity index (χ3v) is 6.70. The number of hydrogen-bond donors (Lipinski definition) is 1. The summed E-state index contributed by atoms with van der Waals surface area (Å²) in [6, 6.07) is 7.35. The zero-order valence-electron chi connectivity index (χ0n) is 15.5. The molecule has 2 aliphatic rings. The molecule has 3 atom stereocenters. The van der Waals surface area contributed by atoms with Crippen LogP contribution in [0.15, 0.2) is 18.2 Å². The summed E-state index contributed by atoms with van der Waals surface area (Å²) in [6.45, 7) is 2.24. The molecule has 0 spiro atoms. The predicted molar refractivity (Wildman–Crippen MR) is 105 cm³/mol. The van der Waals surface area contributed by atoms with Gasteiger partial charge in [-0.25, -0.2) is 0 Å². The van der Waals surface area contributed by atoms with Crippen molar-refractivity contribution in [1.82, 2.24) is 0 Å². The van der Waals surface area contributed by atoms with Gasteiger partial charge in [0, 0.05) is 5.54 Å². The molecule has 2 aliphatic carbocycles. The summed E-state index contributed by atoms with van der Waals surface area (Å²) in [7, 11) is 5.59. The standard InChI is InChI=1S/C22H34BN/c1-2-22(24)12-11-21(16-22)20-10-9-18-14-17(6-4-3-5-13-23)7-8-19(18)15-20/h9-10,15,17,21H,2-8,11-14,16,24H2,1H3/t17-,21+,22-/m1/s1. The summed E-state index contributed by atoms with van der Waals surface area (Å²) in [6.07, 6.45) is 14.8. The molecule has 2 radical (unpaired) electrons. The van der Waals surface area contributed by atoms with Crippen molar-refractivity contribution in [2.75, 3.05) is 0 Å². The van der Waals surface area contributed by atoms with Gasteiger partial charge in [-0.05, 0) is 73.5 Å². The van der Waals surface area contributed by atoms with Crippen molar-refractivity contribution < 1.29 is 0 Å². The molecule has 0 unspecified atom stereocenters. The highest BCUT2D eigenvalue weighted by atomic mass is 14.8. The molecule has 1 saturated carbocycles. The first kappa shape index (κ1) is 18.0. The van der Waals surface area contributed by atoms with E-state index >= 15 is 0 Å². The van der Waals surface area contributed by atoms with Crippen LogP contribution < -0.4 is 5.73 Å². The second-order valence-electron chi connectivity index (χ2n) is 8.43. The van der Waals surface area contributed by atoms with Crippen LogP contribution in [0.3, 0.4) is 0 Å². The molecule has 3 rings (SSSR count). The van der Waals surface area contributed by atoms with E-state index in [0.29, 0.717) is 5.92 Å². The van der Waals surface area contributed by atoms with Crippen molar-refractivity contribution in [2.24, 2.45) is 11.7 Å². The summed E-state index contributed by atoms with van der Waals surface area (Å²) >= 11 is 0. The Morgan fingerprint density at radius 1 is 1.17 bits per heavy atom. The van der Waals surface area contributed by atoms with Crippen molar-refractivity contribution in [2.45, 2.75) is 95.3 Å². The number of nitrogens with two attached hydrogens (primary N) is 1. The van der Waals surface area contributed by atoms with Gasteiger partial charge in [-0.1, -0.05) is 57.1 Å². The van der Waals surface area contributed by atoms with Gasteiger partial charge in [-0.2, -0.15) is 0 Å². The summed E-state index contributed by atoms with van der Waals surface area (Å²) < 4.78 is 0. The van der Waals surface area contributed by atoms with E-state index in [-0.39, 0.29) is 5.54 Å². The van der Waals surface area contributed by atoms with Crippen molar-refractivity contribution >= 4 is 7.85 Å². The van der Waals surface area contributed by atoms with E-state index in [1.807, 2.05) is 0 Å². The van der Waals surface area contributed by atoms with E-state index in [1.54, 1.807) is 16.7 Å². The van der Waals surface area contributed by atoms with Crippen LogP contribution in [0, 0.1) is 5.92 Å². The highest BCUT2D eigenvalue weighted by Crippen LogP contribution is 2.42. The zero-order valence-corrected chi connectivity index (χ0v) is 15.5. The van der Waals surface area contributed by atoms with E-state index in [2.05, 4.69) is 25.1 Å². The molecule has 1 fully saturated rings. The highest BCUT2D eigenvalue weighted by Gasteiger charge is 2.35. The lowest BCUT2D eigenvalue weighted by Gasteiger charge is -2.26. The van der Waals surface area contributed by atoms with Crippen LogP contribution in [0.25, 0.3) is 0 Å². The highest BCUT2D eigenvalue weighted by molar-refractivity contribution is 6.08. The van der Waals surface area contributed by atoms with Crippen LogP contribution in [-0.2, 0) is 12.8 Å². The van der Waals surface area contributed by atoms with Crippen LogP contribution in [-0.4, -0.2) is 13.4 Å². The Balaban J connectivity index is 1.58. The second-order valence-corrected chi connectivity index (χ2v) is 8.43. The van der Waals surface area contributed by atoms with E-state index in [9.17, 15) is 0 Å². The molecular weight excluding hydrogens is 289 g/mol. The van der Waals surface area contributed by atoms with Crippen molar-refractivity contribution in [3.8, 4) is 0 Å². The average molecular weight is 323 g/mol. The molecule has 1 aromatic carbocycles. The molecule has 0 aromatic heterocycles. The molecular formula is C22H34BN. The summed E-state index contributed by atoms with van der Waals surface area (Å²) in [4.78, 5) is 0. The van der Waals surface area contributed by atoms with E-state index in [0.717, 1.165) is 18.7 Å².